The third-order valence-corrected chi connectivity index (χ3v) is 7.67. The normalized spacial score (nSPS) is 15.6. The van der Waals surface area contributed by atoms with Crippen LogP contribution < -0.4 is 5.56 Å². The van der Waals surface area contributed by atoms with Gasteiger partial charge in [0.25, 0.3) is 5.56 Å². The Hall–Kier alpha value is -3.31. The molecular formula is C23H24FN3O6S. The van der Waals surface area contributed by atoms with E-state index in [-0.39, 0.29) is 42.3 Å². The number of halogens is 1. The van der Waals surface area contributed by atoms with Crippen LogP contribution in [-0.4, -0.2) is 58.8 Å². The summed E-state index contributed by atoms with van der Waals surface area (Å²) in [7, 11) is -3.39. The van der Waals surface area contributed by atoms with Gasteiger partial charge < -0.3 is 14.4 Å². The van der Waals surface area contributed by atoms with Gasteiger partial charge in [-0.3, -0.25) is 9.78 Å². The molecule has 1 N–H and O–H groups in total. The summed E-state index contributed by atoms with van der Waals surface area (Å²) >= 11 is 0. The van der Waals surface area contributed by atoms with Crippen molar-refractivity contribution in [2.75, 3.05) is 25.4 Å². The molecule has 1 fully saturated rings. The molecule has 0 unspecified atom stereocenters. The molecule has 11 heteroatoms. The lowest BCUT2D eigenvalue weighted by molar-refractivity contribution is 0.0520. The monoisotopic (exact) mass is 489 g/mol. The number of ether oxygens (including phenoxy) is 1. The first kappa shape index (κ1) is 23.8. The topological polar surface area (TPSA) is 119 Å². The number of nitrogens with zero attached hydrogens (tertiary/aromatic N) is 3. The van der Waals surface area contributed by atoms with Crippen LogP contribution in [0.15, 0.2) is 41.3 Å². The van der Waals surface area contributed by atoms with E-state index in [1.807, 2.05) is 0 Å². The number of hydrogen-bond donors (Lipinski definition) is 1. The minimum absolute atomic E-state index is 0.00576. The Morgan fingerprint density at radius 3 is 2.59 bits per heavy atom. The van der Waals surface area contributed by atoms with Gasteiger partial charge in [-0.25, -0.2) is 21.9 Å². The van der Waals surface area contributed by atoms with E-state index < -0.39 is 32.9 Å². The highest BCUT2D eigenvalue weighted by Crippen LogP contribution is 2.27. The fraction of sp³-hybridized carbons (Fsp3) is 0.348. The number of carbonyl (C=O) groups excluding carboxylic acids is 1. The van der Waals surface area contributed by atoms with Crippen molar-refractivity contribution >= 4 is 27.0 Å². The molecule has 1 saturated heterocycles. The van der Waals surface area contributed by atoms with E-state index >= 15 is 0 Å². The van der Waals surface area contributed by atoms with Gasteiger partial charge in [-0.15, -0.1) is 0 Å². The summed E-state index contributed by atoms with van der Waals surface area (Å²) in [4.78, 5) is 30.0. The zero-order chi connectivity index (χ0) is 24.5. The zero-order valence-corrected chi connectivity index (χ0v) is 19.3. The molecule has 4 rings (SSSR count). The number of hydrogen-bond acceptors (Lipinski definition) is 7. The van der Waals surface area contributed by atoms with Gasteiger partial charge in [-0.2, -0.15) is 0 Å². The molecule has 0 radical (unpaired) electrons. The summed E-state index contributed by atoms with van der Waals surface area (Å²) in [6.07, 6.45) is 2.39. The van der Waals surface area contributed by atoms with Crippen molar-refractivity contribution in [1.29, 1.82) is 0 Å². The van der Waals surface area contributed by atoms with Gasteiger partial charge in [0.2, 0.25) is 10.0 Å². The maximum absolute atomic E-state index is 13.3. The number of carbonyl (C=O) groups is 1. The molecule has 2 aromatic heterocycles. The van der Waals surface area contributed by atoms with Gasteiger partial charge in [0, 0.05) is 25.8 Å². The summed E-state index contributed by atoms with van der Waals surface area (Å²) in [6, 6.07) is 7.60. The van der Waals surface area contributed by atoms with Crippen LogP contribution in [0.1, 0.15) is 34.8 Å². The first-order valence-corrected chi connectivity index (χ1v) is 12.5. The second-order valence-electron chi connectivity index (χ2n) is 7.98. The van der Waals surface area contributed by atoms with Gasteiger partial charge in [-0.1, -0.05) is 12.1 Å². The third-order valence-electron chi connectivity index (χ3n) is 5.71. The number of sulfonamides is 1. The SMILES string of the molecule is CCOC(=O)c1c(O)c2ncc(Cc3ccc(F)cc3)cc2n(CCN2CCCS2(=O)=O)c1=O. The minimum atomic E-state index is -3.39. The van der Waals surface area contributed by atoms with E-state index in [2.05, 4.69) is 4.98 Å². The van der Waals surface area contributed by atoms with E-state index in [9.17, 15) is 27.5 Å². The molecule has 9 nitrogen and oxygen atoms in total. The van der Waals surface area contributed by atoms with Gasteiger partial charge >= 0.3 is 5.97 Å². The molecule has 0 aliphatic carbocycles. The Morgan fingerprint density at radius 1 is 1.21 bits per heavy atom. The molecular weight excluding hydrogens is 465 g/mol. The Balaban J connectivity index is 1.80. The van der Waals surface area contributed by atoms with Crippen LogP contribution in [0.2, 0.25) is 0 Å². The van der Waals surface area contributed by atoms with E-state index in [1.165, 1.54) is 27.2 Å². The minimum Gasteiger partial charge on any atom is -0.505 e. The number of esters is 1. The van der Waals surface area contributed by atoms with Crippen molar-refractivity contribution < 1.29 is 27.4 Å². The van der Waals surface area contributed by atoms with Crippen molar-refractivity contribution in [2.24, 2.45) is 0 Å². The lowest BCUT2D eigenvalue weighted by atomic mass is 10.1. The van der Waals surface area contributed by atoms with Gasteiger partial charge in [0.1, 0.15) is 11.3 Å². The van der Waals surface area contributed by atoms with Crippen LogP contribution in [0.25, 0.3) is 11.0 Å². The molecule has 1 aliphatic heterocycles. The number of pyridine rings is 2. The molecule has 0 atom stereocenters. The van der Waals surface area contributed by atoms with E-state index in [1.54, 1.807) is 25.1 Å². The van der Waals surface area contributed by atoms with Crippen LogP contribution >= 0.6 is 0 Å². The van der Waals surface area contributed by atoms with Crippen LogP contribution in [0.4, 0.5) is 4.39 Å². The summed E-state index contributed by atoms with van der Waals surface area (Å²) in [5.74, 6) is -1.87. The highest BCUT2D eigenvalue weighted by Gasteiger charge is 2.29. The van der Waals surface area contributed by atoms with E-state index in [0.717, 1.165) is 5.56 Å². The molecule has 1 aliphatic rings. The molecule has 3 heterocycles. The Morgan fingerprint density at radius 2 is 1.94 bits per heavy atom. The summed E-state index contributed by atoms with van der Waals surface area (Å²) in [5.41, 5.74) is 0.441. The average molecular weight is 490 g/mol. The third kappa shape index (κ3) is 4.66. The highest BCUT2D eigenvalue weighted by molar-refractivity contribution is 7.89. The molecule has 0 saturated carbocycles. The molecule has 0 bridgehead atoms. The molecule has 3 aromatic rings. The maximum Gasteiger partial charge on any atom is 0.347 e. The fourth-order valence-electron chi connectivity index (χ4n) is 4.04. The smallest absolute Gasteiger partial charge is 0.347 e. The predicted octanol–water partition coefficient (Wildman–Crippen LogP) is 2.04. The van der Waals surface area contributed by atoms with Crippen LogP contribution in [0.3, 0.4) is 0 Å². The van der Waals surface area contributed by atoms with Crippen molar-refractivity contribution in [3.05, 3.63) is 69.4 Å². The average Bonchev–Trinajstić information content (AvgIpc) is 3.13. The predicted molar refractivity (Wildman–Crippen MR) is 123 cm³/mol. The Bertz CT molecular complexity index is 1400. The summed E-state index contributed by atoms with van der Waals surface area (Å²) < 4.78 is 45.2. The first-order chi connectivity index (χ1) is 16.2. The zero-order valence-electron chi connectivity index (χ0n) is 18.5. The van der Waals surface area contributed by atoms with E-state index in [4.69, 9.17) is 4.74 Å². The summed E-state index contributed by atoms with van der Waals surface area (Å²) in [6.45, 7) is 1.93. The van der Waals surface area contributed by atoms with Crippen molar-refractivity contribution in [2.45, 2.75) is 26.3 Å². The fourth-order valence-corrected chi connectivity index (χ4v) is 5.56. The highest BCUT2D eigenvalue weighted by atomic mass is 32.2. The number of aromatic nitrogens is 2. The van der Waals surface area contributed by atoms with Gasteiger partial charge in [-0.05, 0) is 49.1 Å². The molecule has 0 amide bonds. The maximum atomic E-state index is 13.3. The van der Waals surface area contributed by atoms with Crippen molar-refractivity contribution in [1.82, 2.24) is 13.9 Å². The first-order valence-electron chi connectivity index (χ1n) is 10.8. The Labute approximate surface area is 195 Å². The van der Waals surface area contributed by atoms with Crippen LogP contribution in [-0.2, 0) is 27.7 Å². The number of rotatable bonds is 7. The van der Waals surface area contributed by atoms with Gasteiger partial charge in [0.05, 0.1) is 17.9 Å². The lowest BCUT2D eigenvalue weighted by Gasteiger charge is -2.18. The number of aromatic hydroxyl groups is 1. The summed E-state index contributed by atoms with van der Waals surface area (Å²) in [5, 5.41) is 10.7. The molecule has 0 spiro atoms. The standard InChI is InChI=1S/C23H24FN3O6S/c1-2-33-23(30)19-21(28)20-18(13-16(14-25-20)12-15-4-6-17(24)7-5-15)27(22(19)29)10-9-26-8-3-11-34(26,31)32/h4-7,13-14,28H,2-3,8-12H2,1H3. The van der Waals surface area contributed by atoms with Crippen LogP contribution in [0, 0.1) is 5.82 Å². The Kier molecular flexibility index (Phi) is 6.67. The van der Waals surface area contributed by atoms with Crippen molar-refractivity contribution in [3.63, 3.8) is 0 Å². The second-order valence-corrected chi connectivity index (χ2v) is 10.1. The molecule has 180 valence electrons. The molecule has 34 heavy (non-hydrogen) atoms. The quantitative estimate of drug-likeness (QED) is 0.505. The lowest BCUT2D eigenvalue weighted by Crippen LogP contribution is -2.34. The van der Waals surface area contributed by atoms with Crippen LogP contribution in [0.5, 0.6) is 5.75 Å². The van der Waals surface area contributed by atoms with Crippen molar-refractivity contribution in [3.8, 4) is 5.75 Å². The largest absolute Gasteiger partial charge is 0.505 e. The molecule has 1 aromatic carbocycles. The number of benzene rings is 1. The number of fused-ring (bicyclic) bond motifs is 1. The second kappa shape index (κ2) is 9.51. The van der Waals surface area contributed by atoms with E-state index in [0.29, 0.717) is 24.9 Å². The van der Waals surface area contributed by atoms with Gasteiger partial charge in [0.15, 0.2) is 11.3 Å².